The Hall–Kier alpha value is -2.89. The SMILES string of the molecule is COC(=O)NCc1ccc(C(=O)O)cc1.Fc1ccccc1. The number of rotatable bonds is 3. The number of amides is 1. The van der Waals surface area contributed by atoms with Crippen molar-refractivity contribution < 1.29 is 23.8 Å². The Bertz CT molecular complexity index is 599. The molecule has 0 saturated heterocycles. The van der Waals surface area contributed by atoms with Crippen LogP contribution in [0.1, 0.15) is 15.9 Å². The van der Waals surface area contributed by atoms with Crippen LogP contribution in [0.25, 0.3) is 0 Å². The van der Waals surface area contributed by atoms with E-state index in [1.165, 1.54) is 31.4 Å². The second-order valence-corrected chi connectivity index (χ2v) is 4.14. The van der Waals surface area contributed by atoms with Crippen LogP contribution in [0.4, 0.5) is 9.18 Å². The van der Waals surface area contributed by atoms with Crippen molar-refractivity contribution in [2.24, 2.45) is 0 Å². The normalized spacial score (nSPS) is 9.18. The van der Waals surface area contributed by atoms with Crippen LogP contribution in [0, 0.1) is 5.82 Å². The molecule has 0 spiro atoms. The Morgan fingerprint density at radius 2 is 1.68 bits per heavy atom. The number of halogens is 1. The van der Waals surface area contributed by atoms with Crippen molar-refractivity contribution in [3.05, 3.63) is 71.5 Å². The number of benzene rings is 2. The number of nitrogens with one attached hydrogen (secondary N) is 1. The zero-order chi connectivity index (χ0) is 16.4. The van der Waals surface area contributed by atoms with Gasteiger partial charge < -0.3 is 15.2 Å². The lowest BCUT2D eigenvalue weighted by atomic mass is 10.1. The van der Waals surface area contributed by atoms with Crippen molar-refractivity contribution in [2.75, 3.05) is 7.11 Å². The zero-order valence-corrected chi connectivity index (χ0v) is 12.0. The summed E-state index contributed by atoms with van der Waals surface area (Å²) in [7, 11) is 1.28. The Labute approximate surface area is 127 Å². The van der Waals surface area contributed by atoms with E-state index in [2.05, 4.69) is 10.1 Å². The molecular weight excluding hydrogens is 289 g/mol. The second-order valence-electron chi connectivity index (χ2n) is 4.14. The van der Waals surface area contributed by atoms with Crippen LogP contribution >= 0.6 is 0 Å². The Morgan fingerprint density at radius 3 is 2.09 bits per heavy atom. The van der Waals surface area contributed by atoms with Gasteiger partial charge in [-0.25, -0.2) is 14.0 Å². The minimum Gasteiger partial charge on any atom is -0.478 e. The smallest absolute Gasteiger partial charge is 0.407 e. The van der Waals surface area contributed by atoms with Gasteiger partial charge in [0.2, 0.25) is 0 Å². The van der Waals surface area contributed by atoms with Crippen LogP contribution in [-0.4, -0.2) is 24.3 Å². The molecule has 0 unspecified atom stereocenters. The van der Waals surface area contributed by atoms with Gasteiger partial charge in [0, 0.05) is 6.54 Å². The summed E-state index contributed by atoms with van der Waals surface area (Å²) in [6.07, 6.45) is -0.516. The maximum atomic E-state index is 11.9. The van der Waals surface area contributed by atoms with Crippen molar-refractivity contribution in [1.82, 2.24) is 5.32 Å². The van der Waals surface area contributed by atoms with Gasteiger partial charge in [0.1, 0.15) is 5.82 Å². The molecule has 0 fully saturated rings. The van der Waals surface area contributed by atoms with Crippen molar-refractivity contribution >= 4 is 12.1 Å². The van der Waals surface area contributed by atoms with Crippen molar-refractivity contribution in [3.8, 4) is 0 Å². The number of carboxylic acids is 1. The molecule has 2 rings (SSSR count). The minimum atomic E-state index is -0.970. The van der Waals surface area contributed by atoms with E-state index in [1.54, 1.807) is 30.3 Å². The highest BCUT2D eigenvalue weighted by Gasteiger charge is 2.02. The van der Waals surface area contributed by atoms with Gasteiger partial charge >= 0.3 is 12.1 Å². The lowest BCUT2D eigenvalue weighted by Crippen LogP contribution is -2.22. The third-order valence-electron chi connectivity index (χ3n) is 2.56. The molecule has 0 bridgehead atoms. The molecule has 0 saturated carbocycles. The summed E-state index contributed by atoms with van der Waals surface area (Å²) in [5.74, 6) is -1.15. The van der Waals surface area contributed by atoms with Gasteiger partial charge in [-0.3, -0.25) is 0 Å². The molecule has 2 aromatic carbocycles. The monoisotopic (exact) mass is 305 g/mol. The Morgan fingerprint density at radius 1 is 1.09 bits per heavy atom. The highest BCUT2D eigenvalue weighted by Crippen LogP contribution is 2.04. The van der Waals surface area contributed by atoms with Crippen molar-refractivity contribution in [1.29, 1.82) is 0 Å². The molecule has 0 aliphatic carbocycles. The van der Waals surface area contributed by atoms with Crippen LogP contribution in [0.3, 0.4) is 0 Å². The third kappa shape index (κ3) is 6.51. The maximum Gasteiger partial charge on any atom is 0.407 e. The van der Waals surface area contributed by atoms with E-state index < -0.39 is 12.1 Å². The number of carboxylic acid groups (broad SMARTS) is 1. The van der Waals surface area contributed by atoms with Gasteiger partial charge in [-0.2, -0.15) is 0 Å². The predicted molar refractivity (Wildman–Crippen MR) is 79.0 cm³/mol. The molecule has 22 heavy (non-hydrogen) atoms. The first-order chi connectivity index (χ1) is 10.5. The molecule has 0 radical (unpaired) electrons. The van der Waals surface area contributed by atoms with E-state index in [0.29, 0.717) is 6.54 Å². The molecule has 0 atom stereocenters. The molecule has 1 amide bonds. The molecule has 0 aliphatic rings. The number of hydrogen-bond acceptors (Lipinski definition) is 3. The summed E-state index contributed by atoms with van der Waals surface area (Å²) in [5.41, 5.74) is 1.03. The molecule has 0 aromatic heterocycles. The summed E-state index contributed by atoms with van der Waals surface area (Å²) < 4.78 is 16.3. The molecule has 2 aromatic rings. The van der Waals surface area contributed by atoms with E-state index >= 15 is 0 Å². The molecule has 0 aliphatic heterocycles. The summed E-state index contributed by atoms with van der Waals surface area (Å²) in [4.78, 5) is 21.3. The summed E-state index contributed by atoms with van der Waals surface area (Å²) in [6.45, 7) is 0.312. The van der Waals surface area contributed by atoms with Gasteiger partial charge in [-0.05, 0) is 29.8 Å². The largest absolute Gasteiger partial charge is 0.478 e. The lowest BCUT2D eigenvalue weighted by Gasteiger charge is -2.03. The first kappa shape index (κ1) is 17.2. The fourth-order valence-electron chi connectivity index (χ4n) is 1.43. The standard InChI is InChI=1S/C10H11NO4.C6H5F/c1-15-10(14)11-6-7-2-4-8(5-3-7)9(12)13;7-6-4-2-1-3-5-6/h2-5H,6H2,1H3,(H,11,14)(H,12,13);1-5H. The van der Waals surface area contributed by atoms with Crippen molar-refractivity contribution in [3.63, 3.8) is 0 Å². The molecule has 0 heterocycles. The Balaban J connectivity index is 0.000000287. The summed E-state index contributed by atoms with van der Waals surface area (Å²) >= 11 is 0. The maximum absolute atomic E-state index is 11.9. The quantitative estimate of drug-likeness (QED) is 0.913. The van der Waals surface area contributed by atoms with Gasteiger partial charge in [0.15, 0.2) is 0 Å². The minimum absolute atomic E-state index is 0.178. The van der Waals surface area contributed by atoms with E-state index in [9.17, 15) is 14.0 Å². The topological polar surface area (TPSA) is 75.6 Å². The van der Waals surface area contributed by atoms with Gasteiger partial charge in [-0.1, -0.05) is 30.3 Å². The van der Waals surface area contributed by atoms with Crippen LogP contribution in [0.2, 0.25) is 0 Å². The molecular formula is C16H16FNO4. The van der Waals surface area contributed by atoms with Crippen LogP contribution < -0.4 is 5.32 Å². The number of methoxy groups -OCH3 is 1. The average Bonchev–Trinajstić information content (AvgIpc) is 2.54. The number of hydrogen-bond donors (Lipinski definition) is 2. The van der Waals surface area contributed by atoms with Crippen LogP contribution in [0.5, 0.6) is 0 Å². The second kappa shape index (κ2) is 9.12. The lowest BCUT2D eigenvalue weighted by molar-refractivity contribution is 0.0696. The first-order valence-corrected chi connectivity index (χ1v) is 6.37. The summed E-state index contributed by atoms with van der Waals surface area (Å²) in [5, 5.41) is 11.1. The number of aromatic carboxylic acids is 1. The number of ether oxygens (including phenoxy) is 1. The van der Waals surface area contributed by atoms with E-state index in [1.807, 2.05) is 0 Å². The first-order valence-electron chi connectivity index (χ1n) is 6.37. The molecule has 6 heteroatoms. The zero-order valence-electron chi connectivity index (χ0n) is 12.0. The average molecular weight is 305 g/mol. The van der Waals surface area contributed by atoms with E-state index in [4.69, 9.17) is 5.11 Å². The van der Waals surface area contributed by atoms with Gasteiger partial charge in [0.05, 0.1) is 12.7 Å². The van der Waals surface area contributed by atoms with Crippen molar-refractivity contribution in [2.45, 2.75) is 6.54 Å². The molecule has 116 valence electrons. The number of carbonyl (C=O) groups is 2. The molecule has 2 N–H and O–H groups in total. The van der Waals surface area contributed by atoms with Crippen LogP contribution in [0.15, 0.2) is 54.6 Å². The third-order valence-corrected chi connectivity index (χ3v) is 2.56. The Kier molecular flexibility index (Phi) is 7.12. The summed E-state index contributed by atoms with van der Waals surface area (Å²) in [6, 6.07) is 14.2. The fourth-order valence-corrected chi connectivity index (χ4v) is 1.43. The highest BCUT2D eigenvalue weighted by atomic mass is 19.1. The predicted octanol–water partition coefficient (Wildman–Crippen LogP) is 3.07. The fraction of sp³-hybridized carbons (Fsp3) is 0.125. The highest BCUT2D eigenvalue weighted by molar-refractivity contribution is 5.87. The van der Waals surface area contributed by atoms with E-state index in [-0.39, 0.29) is 11.4 Å². The molecule has 5 nitrogen and oxygen atoms in total. The van der Waals surface area contributed by atoms with E-state index in [0.717, 1.165) is 5.56 Å². The van der Waals surface area contributed by atoms with Crippen LogP contribution in [-0.2, 0) is 11.3 Å². The van der Waals surface area contributed by atoms with Gasteiger partial charge in [-0.15, -0.1) is 0 Å². The number of alkyl carbamates (subject to hydrolysis) is 1. The number of carbonyl (C=O) groups excluding carboxylic acids is 1. The van der Waals surface area contributed by atoms with Gasteiger partial charge in [0.25, 0.3) is 0 Å².